The monoisotopic (exact) mass is 416 g/mol. The van der Waals surface area contributed by atoms with Crippen LogP contribution in [0.15, 0.2) is 41.3 Å². The van der Waals surface area contributed by atoms with Gasteiger partial charge in [-0.05, 0) is 72.6 Å². The molecule has 6 heteroatoms. The van der Waals surface area contributed by atoms with Gasteiger partial charge in [0.15, 0.2) is 0 Å². The number of benzene rings is 2. The first kappa shape index (κ1) is 21.5. The summed E-state index contributed by atoms with van der Waals surface area (Å²) in [6, 6.07) is 10.5. The molecule has 0 heterocycles. The minimum absolute atomic E-state index is 0.151. The lowest BCUT2D eigenvalue weighted by atomic mass is 9.84. The highest BCUT2D eigenvalue weighted by molar-refractivity contribution is 7.85. The second-order valence-electron chi connectivity index (χ2n) is 8.13. The van der Waals surface area contributed by atoms with Crippen molar-refractivity contribution >= 4 is 16.1 Å². The number of hydrogen-bond acceptors (Lipinski definition) is 4. The fraction of sp³-hybridized carbons (Fsp3) is 0.435. The lowest BCUT2D eigenvalue weighted by Gasteiger charge is -2.22. The fourth-order valence-corrected chi connectivity index (χ4v) is 4.87. The molecule has 0 aliphatic heterocycles. The average Bonchev–Trinajstić information content (AvgIpc) is 2.69. The maximum Gasteiger partial charge on any atom is 0.343 e. The van der Waals surface area contributed by atoms with Crippen molar-refractivity contribution in [3.05, 3.63) is 58.7 Å². The van der Waals surface area contributed by atoms with Crippen LogP contribution in [-0.2, 0) is 10.1 Å². The highest BCUT2D eigenvalue weighted by Gasteiger charge is 2.22. The zero-order chi connectivity index (χ0) is 21.2. The first-order valence-electron chi connectivity index (χ1n) is 10.1. The van der Waals surface area contributed by atoms with E-state index in [9.17, 15) is 17.8 Å². The molecule has 0 aromatic heterocycles. The molecule has 0 saturated heterocycles. The van der Waals surface area contributed by atoms with E-state index >= 15 is 0 Å². The summed E-state index contributed by atoms with van der Waals surface area (Å²) in [5.41, 5.74) is 2.59. The van der Waals surface area contributed by atoms with E-state index in [0.717, 1.165) is 0 Å². The summed E-state index contributed by atoms with van der Waals surface area (Å²) in [5.74, 6) is 0.206. The SMILES string of the molecule is Cc1cc(S(=O)(=O)O)c(C(C)C)cc1OC(=O)c1ccc(C2CCCCC2)cc1. The number of ether oxygens (including phenoxy) is 1. The van der Waals surface area contributed by atoms with Gasteiger partial charge in [-0.25, -0.2) is 4.79 Å². The molecular formula is C23H28O5S. The quantitative estimate of drug-likeness (QED) is 0.388. The van der Waals surface area contributed by atoms with Gasteiger partial charge in [-0.3, -0.25) is 4.55 Å². The van der Waals surface area contributed by atoms with Crippen LogP contribution >= 0.6 is 0 Å². The third-order valence-corrected chi connectivity index (χ3v) is 6.54. The number of carbonyl (C=O) groups is 1. The van der Waals surface area contributed by atoms with Gasteiger partial charge >= 0.3 is 5.97 Å². The van der Waals surface area contributed by atoms with Gasteiger partial charge in [-0.2, -0.15) is 8.42 Å². The average molecular weight is 417 g/mol. The topological polar surface area (TPSA) is 80.7 Å². The van der Waals surface area contributed by atoms with Gasteiger partial charge in [0.25, 0.3) is 10.1 Å². The predicted molar refractivity (Wildman–Crippen MR) is 112 cm³/mol. The van der Waals surface area contributed by atoms with Gasteiger partial charge in [-0.1, -0.05) is 45.2 Å². The van der Waals surface area contributed by atoms with Crippen LogP contribution in [0.2, 0.25) is 0 Å². The number of aryl methyl sites for hydroxylation is 1. The normalized spacial score (nSPS) is 15.5. The van der Waals surface area contributed by atoms with Crippen LogP contribution in [0, 0.1) is 6.92 Å². The van der Waals surface area contributed by atoms with Crippen molar-refractivity contribution in [3.63, 3.8) is 0 Å². The molecule has 156 valence electrons. The lowest BCUT2D eigenvalue weighted by molar-refractivity contribution is 0.0733. The maximum absolute atomic E-state index is 12.6. The molecule has 29 heavy (non-hydrogen) atoms. The van der Waals surface area contributed by atoms with E-state index in [1.165, 1.54) is 49.8 Å². The molecule has 0 bridgehead atoms. The van der Waals surface area contributed by atoms with Crippen molar-refractivity contribution in [1.29, 1.82) is 0 Å². The maximum atomic E-state index is 12.6. The molecule has 3 rings (SSSR count). The number of esters is 1. The van der Waals surface area contributed by atoms with Gasteiger partial charge in [0.1, 0.15) is 5.75 Å². The Morgan fingerprint density at radius 2 is 1.69 bits per heavy atom. The molecule has 1 aliphatic carbocycles. The van der Waals surface area contributed by atoms with Gasteiger partial charge in [0, 0.05) is 0 Å². The fourth-order valence-electron chi connectivity index (χ4n) is 3.95. The number of rotatable bonds is 5. The van der Waals surface area contributed by atoms with Crippen LogP contribution in [-0.4, -0.2) is 18.9 Å². The van der Waals surface area contributed by atoms with Gasteiger partial charge in [0.05, 0.1) is 10.5 Å². The van der Waals surface area contributed by atoms with Crippen LogP contribution in [0.5, 0.6) is 5.75 Å². The minimum atomic E-state index is -4.35. The van der Waals surface area contributed by atoms with E-state index in [2.05, 4.69) is 0 Å². The molecule has 0 radical (unpaired) electrons. The van der Waals surface area contributed by atoms with Crippen molar-refractivity contribution in [3.8, 4) is 5.75 Å². The Bertz CT molecular complexity index is 985. The Kier molecular flexibility index (Phi) is 6.44. The van der Waals surface area contributed by atoms with Crippen LogP contribution in [0.4, 0.5) is 0 Å². The second-order valence-corrected chi connectivity index (χ2v) is 9.52. The summed E-state index contributed by atoms with van der Waals surface area (Å²) in [6.45, 7) is 5.28. The molecule has 0 atom stereocenters. The molecule has 0 unspecified atom stereocenters. The molecule has 1 aliphatic rings. The van der Waals surface area contributed by atoms with E-state index < -0.39 is 16.1 Å². The molecule has 1 saturated carbocycles. The van der Waals surface area contributed by atoms with Crippen LogP contribution in [0.25, 0.3) is 0 Å². The number of hydrogen-bond donors (Lipinski definition) is 1. The van der Waals surface area contributed by atoms with E-state index in [1.807, 2.05) is 26.0 Å². The number of carbonyl (C=O) groups excluding carboxylic acids is 1. The Hall–Kier alpha value is -2.18. The summed E-state index contributed by atoms with van der Waals surface area (Å²) in [6.07, 6.45) is 6.20. The van der Waals surface area contributed by atoms with Gasteiger partial charge in [0.2, 0.25) is 0 Å². The third-order valence-electron chi connectivity index (χ3n) is 5.63. The second kappa shape index (κ2) is 8.67. The molecule has 2 aromatic carbocycles. The molecule has 1 fully saturated rings. The molecule has 0 amide bonds. The Morgan fingerprint density at radius 3 is 2.24 bits per heavy atom. The van der Waals surface area contributed by atoms with Crippen molar-refractivity contribution < 1.29 is 22.5 Å². The zero-order valence-electron chi connectivity index (χ0n) is 17.1. The summed E-state index contributed by atoms with van der Waals surface area (Å²) < 4.78 is 38.4. The van der Waals surface area contributed by atoms with Crippen LogP contribution in [0.3, 0.4) is 0 Å². The molecule has 1 N–H and O–H groups in total. The van der Waals surface area contributed by atoms with E-state index in [0.29, 0.717) is 28.4 Å². The predicted octanol–water partition coefficient (Wildman–Crippen LogP) is 5.63. The van der Waals surface area contributed by atoms with Gasteiger partial charge in [-0.15, -0.1) is 0 Å². The Labute approximate surface area is 172 Å². The highest BCUT2D eigenvalue weighted by Crippen LogP contribution is 2.33. The third kappa shape index (κ3) is 5.06. The molecule has 5 nitrogen and oxygen atoms in total. The van der Waals surface area contributed by atoms with Crippen molar-refractivity contribution in [2.75, 3.05) is 0 Å². The summed E-state index contributed by atoms with van der Waals surface area (Å²) in [5, 5.41) is 0. The zero-order valence-corrected chi connectivity index (χ0v) is 18.0. The van der Waals surface area contributed by atoms with E-state index in [1.54, 1.807) is 19.1 Å². The summed E-state index contributed by atoms with van der Waals surface area (Å²) in [4.78, 5) is 12.5. The van der Waals surface area contributed by atoms with Crippen molar-refractivity contribution in [2.24, 2.45) is 0 Å². The van der Waals surface area contributed by atoms with Crippen LogP contribution in [0.1, 0.15) is 84.8 Å². The smallest absolute Gasteiger partial charge is 0.343 e. The Balaban J connectivity index is 1.82. The largest absolute Gasteiger partial charge is 0.423 e. The molecule has 0 spiro atoms. The summed E-state index contributed by atoms with van der Waals surface area (Å²) in [7, 11) is -4.35. The van der Waals surface area contributed by atoms with Gasteiger partial charge < -0.3 is 4.74 Å². The standard InChI is InChI=1S/C23H28O5S/c1-15(2)20-14-21(16(3)13-22(20)29(25,26)27)28-23(24)19-11-9-18(10-12-19)17-7-5-4-6-8-17/h9-15,17H,4-8H2,1-3H3,(H,25,26,27). The Morgan fingerprint density at radius 1 is 1.07 bits per heavy atom. The first-order chi connectivity index (χ1) is 13.7. The van der Waals surface area contributed by atoms with Crippen molar-refractivity contribution in [1.82, 2.24) is 0 Å². The van der Waals surface area contributed by atoms with E-state index in [-0.39, 0.29) is 10.8 Å². The summed E-state index contributed by atoms with van der Waals surface area (Å²) >= 11 is 0. The van der Waals surface area contributed by atoms with Crippen LogP contribution < -0.4 is 4.74 Å². The minimum Gasteiger partial charge on any atom is -0.423 e. The molecule has 2 aromatic rings. The van der Waals surface area contributed by atoms with Crippen molar-refractivity contribution in [2.45, 2.75) is 69.6 Å². The van der Waals surface area contributed by atoms with E-state index in [4.69, 9.17) is 4.74 Å². The highest BCUT2D eigenvalue weighted by atomic mass is 32.2. The molecular weight excluding hydrogens is 388 g/mol. The lowest BCUT2D eigenvalue weighted by Crippen LogP contribution is -2.12. The first-order valence-corrected chi connectivity index (χ1v) is 11.5.